The van der Waals surface area contributed by atoms with Gasteiger partial charge in [-0.15, -0.1) is 0 Å². The molecule has 2 heterocycles. The van der Waals surface area contributed by atoms with Crippen LogP contribution in [0.25, 0.3) is 22.5 Å². The minimum absolute atomic E-state index is 0.121. The van der Waals surface area contributed by atoms with Gasteiger partial charge in [0.1, 0.15) is 24.7 Å². The zero-order valence-corrected chi connectivity index (χ0v) is 36.7. The van der Waals surface area contributed by atoms with Gasteiger partial charge in [-0.05, 0) is 113 Å². The molecule has 60 heavy (non-hydrogen) atoms. The first-order chi connectivity index (χ1) is 28.9. The largest absolute Gasteiger partial charge is 0.494 e. The van der Waals surface area contributed by atoms with E-state index in [1.54, 1.807) is 0 Å². The molecule has 4 aromatic rings. The SMILES string of the molecule is Cn1c(CC[C@@](C)(N)COC(=O)C(=O)OC[C@](C)(N)CCc2ccc(-c3cccc(OCCC4CCCCC4)c3)n2C)ccc1-c1cccc(OCCC2CCCCC2)c1. The van der Waals surface area contributed by atoms with E-state index in [1.807, 2.05) is 52.2 Å². The Kier molecular flexibility index (Phi) is 16.0. The predicted octanol–water partition coefficient (Wildman–Crippen LogP) is 9.48. The fourth-order valence-electron chi connectivity index (χ4n) is 8.87. The summed E-state index contributed by atoms with van der Waals surface area (Å²) in [7, 11) is 4.09. The molecule has 2 aromatic heterocycles. The first-order valence-corrected chi connectivity index (χ1v) is 22.5. The highest BCUT2D eigenvalue weighted by Crippen LogP contribution is 2.31. The fourth-order valence-corrected chi connectivity index (χ4v) is 8.87. The second kappa shape index (κ2) is 21.3. The molecule has 2 atom stereocenters. The number of aryl methyl sites for hydroxylation is 2. The first kappa shape index (κ1) is 45.0. The van der Waals surface area contributed by atoms with E-state index in [-0.39, 0.29) is 13.2 Å². The summed E-state index contributed by atoms with van der Waals surface area (Å²) in [6.07, 6.45) is 18.1. The van der Waals surface area contributed by atoms with Crippen molar-refractivity contribution >= 4 is 11.9 Å². The van der Waals surface area contributed by atoms with Crippen molar-refractivity contribution in [1.82, 2.24) is 9.13 Å². The van der Waals surface area contributed by atoms with Crippen molar-refractivity contribution in [3.8, 4) is 34.0 Å². The van der Waals surface area contributed by atoms with Crippen LogP contribution in [0.3, 0.4) is 0 Å². The zero-order valence-electron chi connectivity index (χ0n) is 36.7. The number of hydrogen-bond acceptors (Lipinski definition) is 8. The highest BCUT2D eigenvalue weighted by atomic mass is 16.6. The molecule has 0 saturated heterocycles. The minimum Gasteiger partial charge on any atom is -0.494 e. The van der Waals surface area contributed by atoms with Crippen LogP contribution < -0.4 is 20.9 Å². The van der Waals surface area contributed by atoms with Gasteiger partial charge in [-0.25, -0.2) is 9.59 Å². The molecule has 0 aliphatic heterocycles. The number of carbonyl (C=O) groups excluding carboxylic acids is 2. The van der Waals surface area contributed by atoms with Crippen LogP contribution in [0.2, 0.25) is 0 Å². The molecule has 0 spiro atoms. The van der Waals surface area contributed by atoms with E-state index in [2.05, 4.69) is 57.7 Å². The van der Waals surface area contributed by atoms with Gasteiger partial charge >= 0.3 is 11.9 Å². The highest BCUT2D eigenvalue weighted by Gasteiger charge is 2.28. The van der Waals surface area contributed by atoms with Crippen molar-refractivity contribution in [1.29, 1.82) is 0 Å². The van der Waals surface area contributed by atoms with Crippen LogP contribution in [0.4, 0.5) is 0 Å². The van der Waals surface area contributed by atoms with Crippen LogP contribution in [0.15, 0.2) is 72.8 Å². The smallest absolute Gasteiger partial charge is 0.417 e. The number of rotatable bonds is 20. The molecule has 6 rings (SSSR count). The average molecular weight is 823 g/mol. The quantitative estimate of drug-likeness (QED) is 0.0666. The first-order valence-electron chi connectivity index (χ1n) is 22.5. The van der Waals surface area contributed by atoms with Gasteiger partial charge in [0.15, 0.2) is 0 Å². The predicted molar refractivity (Wildman–Crippen MR) is 239 cm³/mol. The molecule has 326 valence electrons. The molecule has 2 aliphatic carbocycles. The Morgan fingerprint density at radius 3 is 1.40 bits per heavy atom. The standard InChI is InChI=1S/C50H70N4O6/c1-49(51,29-25-41-21-23-45(53(41)3)39-17-11-19-43(33-39)57-31-27-37-13-7-5-8-14-37)35-59-47(55)48(56)60-36-50(2,52)30-26-42-22-24-46(54(42)4)40-18-12-20-44(34-40)58-32-28-38-15-9-6-10-16-38/h11-12,17-24,33-34,37-38H,5-10,13-16,25-32,35-36,51-52H2,1-4H3/t49-,50-/m1/s1. The Balaban J connectivity index is 0.902. The van der Waals surface area contributed by atoms with Crippen LogP contribution in [-0.2, 0) is 46.0 Å². The van der Waals surface area contributed by atoms with Crippen LogP contribution in [-0.4, -0.2) is 58.6 Å². The molecule has 4 N–H and O–H groups in total. The normalized spacial score (nSPS) is 17.1. The van der Waals surface area contributed by atoms with Crippen molar-refractivity contribution in [3.63, 3.8) is 0 Å². The van der Waals surface area contributed by atoms with Gasteiger partial charge in [0, 0.05) is 59.1 Å². The van der Waals surface area contributed by atoms with E-state index in [0.717, 1.165) is 83.3 Å². The number of ether oxygens (including phenoxy) is 4. The summed E-state index contributed by atoms with van der Waals surface area (Å²) >= 11 is 0. The van der Waals surface area contributed by atoms with Crippen molar-refractivity contribution < 1.29 is 28.5 Å². The third-order valence-electron chi connectivity index (χ3n) is 12.9. The zero-order chi connectivity index (χ0) is 42.5. The molecule has 0 radical (unpaired) electrons. The molecule has 0 unspecified atom stereocenters. The van der Waals surface area contributed by atoms with Crippen LogP contribution in [0.1, 0.15) is 115 Å². The molecule has 0 bridgehead atoms. The average Bonchev–Trinajstić information content (AvgIpc) is 3.82. The van der Waals surface area contributed by atoms with Gasteiger partial charge in [0.2, 0.25) is 0 Å². The molecule has 0 amide bonds. The van der Waals surface area contributed by atoms with E-state index in [9.17, 15) is 9.59 Å². The Bertz CT molecular complexity index is 1840. The van der Waals surface area contributed by atoms with Gasteiger partial charge in [-0.2, -0.15) is 0 Å². The molecule has 2 aromatic carbocycles. The lowest BCUT2D eigenvalue weighted by atomic mass is 9.87. The lowest BCUT2D eigenvalue weighted by Crippen LogP contribution is -2.45. The van der Waals surface area contributed by atoms with E-state index in [0.29, 0.717) is 25.7 Å². The van der Waals surface area contributed by atoms with E-state index in [4.69, 9.17) is 30.4 Å². The van der Waals surface area contributed by atoms with Gasteiger partial charge in [-0.1, -0.05) is 88.5 Å². The molecule has 2 aliphatic rings. The van der Waals surface area contributed by atoms with Gasteiger partial charge in [0.25, 0.3) is 0 Å². The molecule has 10 nitrogen and oxygen atoms in total. The summed E-state index contributed by atoms with van der Waals surface area (Å²) in [6.45, 7) is 4.89. The van der Waals surface area contributed by atoms with E-state index < -0.39 is 23.0 Å². The second-order valence-corrected chi connectivity index (χ2v) is 18.3. The number of carbonyl (C=O) groups is 2. The Morgan fingerprint density at radius 2 is 1.00 bits per heavy atom. The van der Waals surface area contributed by atoms with E-state index in [1.165, 1.54) is 64.2 Å². The lowest BCUT2D eigenvalue weighted by Gasteiger charge is -2.25. The third kappa shape index (κ3) is 13.2. The maximum Gasteiger partial charge on any atom is 0.417 e. The Hall–Kier alpha value is -4.54. The topological polar surface area (TPSA) is 133 Å². The molecular formula is C50H70N4O6. The van der Waals surface area contributed by atoms with Crippen LogP contribution in [0, 0.1) is 11.8 Å². The summed E-state index contributed by atoms with van der Waals surface area (Å²) in [4.78, 5) is 25.3. The minimum atomic E-state index is -1.07. The molecule has 2 saturated carbocycles. The van der Waals surface area contributed by atoms with Gasteiger partial charge in [0.05, 0.1) is 13.2 Å². The number of aromatic nitrogens is 2. The van der Waals surface area contributed by atoms with Crippen LogP contribution >= 0.6 is 0 Å². The number of nitrogens with zero attached hydrogens (tertiary/aromatic N) is 2. The van der Waals surface area contributed by atoms with Crippen molar-refractivity contribution in [3.05, 3.63) is 84.2 Å². The number of benzene rings is 2. The molecule has 2 fully saturated rings. The second-order valence-electron chi connectivity index (χ2n) is 18.3. The van der Waals surface area contributed by atoms with Gasteiger partial charge < -0.3 is 39.5 Å². The third-order valence-corrected chi connectivity index (χ3v) is 12.9. The van der Waals surface area contributed by atoms with Crippen molar-refractivity contribution in [2.24, 2.45) is 37.4 Å². The summed E-state index contributed by atoms with van der Waals surface area (Å²) in [5, 5.41) is 0. The fraction of sp³-hybridized carbons (Fsp3) is 0.560. The Morgan fingerprint density at radius 1 is 0.600 bits per heavy atom. The maximum atomic E-state index is 12.7. The molecule has 10 heteroatoms. The van der Waals surface area contributed by atoms with Crippen molar-refractivity contribution in [2.75, 3.05) is 26.4 Å². The monoisotopic (exact) mass is 823 g/mol. The Labute approximate surface area is 358 Å². The van der Waals surface area contributed by atoms with E-state index >= 15 is 0 Å². The summed E-state index contributed by atoms with van der Waals surface area (Å²) in [6, 6.07) is 24.9. The lowest BCUT2D eigenvalue weighted by molar-refractivity contribution is -0.169. The highest BCUT2D eigenvalue weighted by molar-refractivity contribution is 6.29. The number of hydrogen-bond donors (Lipinski definition) is 2. The number of nitrogens with two attached hydrogens (primary N) is 2. The molecular weight excluding hydrogens is 753 g/mol. The summed E-state index contributed by atoms with van der Waals surface area (Å²) < 4.78 is 27.3. The van der Waals surface area contributed by atoms with Gasteiger partial charge in [-0.3, -0.25) is 0 Å². The van der Waals surface area contributed by atoms with Crippen LogP contribution in [0.5, 0.6) is 11.5 Å². The summed E-state index contributed by atoms with van der Waals surface area (Å²) in [5.41, 5.74) is 18.0. The van der Waals surface area contributed by atoms with Crippen molar-refractivity contribution in [2.45, 2.75) is 128 Å². The summed E-state index contributed by atoms with van der Waals surface area (Å²) in [5.74, 6) is 1.21. The number of esters is 2. The maximum absolute atomic E-state index is 12.7.